The van der Waals surface area contributed by atoms with E-state index in [0.717, 1.165) is 60.9 Å². The first-order valence-electron chi connectivity index (χ1n) is 7.33. The summed E-state index contributed by atoms with van der Waals surface area (Å²) >= 11 is 12.3. The van der Waals surface area contributed by atoms with E-state index in [9.17, 15) is 0 Å². The number of piperazine rings is 1. The van der Waals surface area contributed by atoms with E-state index < -0.39 is 0 Å². The van der Waals surface area contributed by atoms with Crippen molar-refractivity contribution in [3.05, 3.63) is 33.8 Å². The summed E-state index contributed by atoms with van der Waals surface area (Å²) in [6, 6.07) is 6.46. The predicted octanol–water partition coefficient (Wildman–Crippen LogP) is 2.47. The summed E-state index contributed by atoms with van der Waals surface area (Å²) in [7, 11) is 0. The van der Waals surface area contributed by atoms with Crippen LogP contribution in [0.4, 0.5) is 0 Å². The largest absolute Gasteiger partial charge is 0.315 e. The Kier molecular flexibility index (Phi) is 4.84. The van der Waals surface area contributed by atoms with Crippen LogP contribution in [0.25, 0.3) is 0 Å². The highest BCUT2D eigenvalue weighted by Gasteiger charge is 2.26. The Morgan fingerprint density at radius 2 is 1.95 bits per heavy atom. The summed E-state index contributed by atoms with van der Waals surface area (Å²) in [4.78, 5) is 5.09. The van der Waals surface area contributed by atoms with Crippen molar-refractivity contribution in [1.82, 2.24) is 15.1 Å². The van der Waals surface area contributed by atoms with Gasteiger partial charge in [0.05, 0.1) is 0 Å². The normalized spacial score (nSPS) is 25.2. The molecule has 2 heterocycles. The topological polar surface area (TPSA) is 18.5 Å². The van der Waals surface area contributed by atoms with Gasteiger partial charge in [-0.15, -0.1) is 0 Å². The second-order valence-corrected chi connectivity index (χ2v) is 6.54. The third-order valence-corrected chi connectivity index (χ3v) is 4.96. The van der Waals surface area contributed by atoms with Crippen molar-refractivity contribution in [2.24, 2.45) is 0 Å². The van der Waals surface area contributed by atoms with E-state index in [1.165, 1.54) is 13.0 Å². The zero-order chi connectivity index (χ0) is 13.9. The fourth-order valence-electron chi connectivity index (χ4n) is 3.14. The van der Waals surface area contributed by atoms with E-state index in [4.69, 9.17) is 23.2 Å². The van der Waals surface area contributed by atoms with Crippen LogP contribution in [-0.4, -0.2) is 55.1 Å². The molecule has 5 heteroatoms. The molecule has 2 saturated heterocycles. The highest BCUT2D eigenvalue weighted by atomic mass is 35.5. The van der Waals surface area contributed by atoms with E-state index in [-0.39, 0.29) is 0 Å². The number of nitrogens with zero attached hydrogens (tertiary/aromatic N) is 2. The smallest absolute Gasteiger partial charge is 0.0452 e. The Hall–Kier alpha value is -0.320. The van der Waals surface area contributed by atoms with Gasteiger partial charge in [-0.25, -0.2) is 0 Å². The zero-order valence-corrected chi connectivity index (χ0v) is 13.1. The van der Waals surface area contributed by atoms with E-state index in [2.05, 4.69) is 15.1 Å². The molecule has 1 aromatic carbocycles. The molecule has 3 rings (SSSR count). The summed E-state index contributed by atoms with van der Waals surface area (Å²) < 4.78 is 0. The van der Waals surface area contributed by atoms with E-state index in [0.29, 0.717) is 0 Å². The zero-order valence-electron chi connectivity index (χ0n) is 11.6. The minimum atomic E-state index is 0.743. The molecule has 1 aromatic rings. The van der Waals surface area contributed by atoms with Crippen molar-refractivity contribution in [3.8, 4) is 0 Å². The first-order valence-corrected chi connectivity index (χ1v) is 8.09. The highest BCUT2D eigenvalue weighted by Crippen LogP contribution is 2.23. The molecule has 0 aliphatic carbocycles. The first-order chi connectivity index (χ1) is 9.72. The van der Waals surface area contributed by atoms with Gasteiger partial charge in [-0.05, 0) is 36.7 Å². The summed E-state index contributed by atoms with van der Waals surface area (Å²) in [5, 5.41) is 5.03. The van der Waals surface area contributed by atoms with Crippen molar-refractivity contribution in [3.63, 3.8) is 0 Å². The number of halogens is 2. The van der Waals surface area contributed by atoms with Gasteiger partial charge in [-0.3, -0.25) is 9.80 Å². The molecule has 2 aliphatic heterocycles. The van der Waals surface area contributed by atoms with Gasteiger partial charge >= 0.3 is 0 Å². The SMILES string of the molecule is Clc1ccc(Cl)c(CN2CCN(C3CCNC3)CC2)c1. The molecule has 0 saturated carbocycles. The van der Waals surface area contributed by atoms with Gasteiger partial charge < -0.3 is 5.32 Å². The number of benzene rings is 1. The number of nitrogens with one attached hydrogen (secondary N) is 1. The summed E-state index contributed by atoms with van der Waals surface area (Å²) in [6.45, 7) is 7.76. The lowest BCUT2D eigenvalue weighted by molar-refractivity contribution is 0.0981. The molecule has 110 valence electrons. The lowest BCUT2D eigenvalue weighted by Gasteiger charge is -2.37. The van der Waals surface area contributed by atoms with Gasteiger partial charge in [0.1, 0.15) is 0 Å². The maximum absolute atomic E-state index is 6.24. The number of hydrogen-bond acceptors (Lipinski definition) is 3. The van der Waals surface area contributed by atoms with Gasteiger partial charge in [-0.1, -0.05) is 23.2 Å². The third kappa shape index (κ3) is 3.46. The summed E-state index contributed by atoms with van der Waals surface area (Å²) in [6.07, 6.45) is 1.29. The van der Waals surface area contributed by atoms with Crippen molar-refractivity contribution in [1.29, 1.82) is 0 Å². The molecule has 0 radical (unpaired) electrons. The standard InChI is InChI=1S/C15H21Cl2N3/c16-13-1-2-15(17)12(9-13)11-19-5-7-20(8-6-19)14-3-4-18-10-14/h1-2,9,14,18H,3-8,10-11H2. The maximum Gasteiger partial charge on any atom is 0.0452 e. The second kappa shape index (κ2) is 6.63. The molecule has 1 atom stereocenters. The average Bonchev–Trinajstić information content (AvgIpc) is 2.98. The molecule has 20 heavy (non-hydrogen) atoms. The monoisotopic (exact) mass is 313 g/mol. The summed E-state index contributed by atoms with van der Waals surface area (Å²) in [5.41, 5.74) is 1.13. The Balaban J connectivity index is 1.54. The van der Waals surface area contributed by atoms with Crippen LogP contribution >= 0.6 is 23.2 Å². The van der Waals surface area contributed by atoms with E-state index in [1.54, 1.807) is 0 Å². The van der Waals surface area contributed by atoms with Crippen LogP contribution < -0.4 is 5.32 Å². The van der Waals surface area contributed by atoms with Crippen molar-refractivity contribution >= 4 is 23.2 Å². The predicted molar refractivity (Wildman–Crippen MR) is 84.6 cm³/mol. The van der Waals surface area contributed by atoms with Gasteiger partial charge in [0, 0.05) is 55.4 Å². The van der Waals surface area contributed by atoms with Gasteiger partial charge in [0.15, 0.2) is 0 Å². The van der Waals surface area contributed by atoms with Crippen LogP contribution in [0.1, 0.15) is 12.0 Å². The molecule has 0 aromatic heterocycles. The molecular formula is C15H21Cl2N3. The van der Waals surface area contributed by atoms with Crippen LogP contribution in [0.15, 0.2) is 18.2 Å². The average molecular weight is 314 g/mol. The Bertz CT molecular complexity index is 452. The molecule has 0 bridgehead atoms. The number of rotatable bonds is 3. The lowest BCUT2D eigenvalue weighted by atomic mass is 10.1. The molecule has 2 fully saturated rings. The minimum Gasteiger partial charge on any atom is -0.315 e. The van der Waals surface area contributed by atoms with Crippen LogP contribution in [0.3, 0.4) is 0 Å². The van der Waals surface area contributed by atoms with Gasteiger partial charge in [0.25, 0.3) is 0 Å². The molecule has 0 spiro atoms. The van der Waals surface area contributed by atoms with Crippen molar-refractivity contribution in [2.75, 3.05) is 39.3 Å². The molecular weight excluding hydrogens is 293 g/mol. The third-order valence-electron chi connectivity index (χ3n) is 4.36. The molecule has 0 amide bonds. The van der Waals surface area contributed by atoms with Crippen LogP contribution in [0, 0.1) is 0 Å². The second-order valence-electron chi connectivity index (χ2n) is 5.69. The molecule has 1 unspecified atom stereocenters. The first kappa shape index (κ1) is 14.6. The maximum atomic E-state index is 6.24. The number of hydrogen-bond donors (Lipinski definition) is 1. The van der Waals surface area contributed by atoms with E-state index >= 15 is 0 Å². The lowest BCUT2D eigenvalue weighted by Crippen LogP contribution is -2.50. The summed E-state index contributed by atoms with van der Waals surface area (Å²) in [5.74, 6) is 0. The molecule has 2 aliphatic rings. The van der Waals surface area contributed by atoms with Crippen molar-refractivity contribution in [2.45, 2.75) is 19.0 Å². The Labute approximate surface area is 130 Å². The highest BCUT2D eigenvalue weighted by molar-refractivity contribution is 6.33. The quantitative estimate of drug-likeness (QED) is 0.925. The Morgan fingerprint density at radius 3 is 2.65 bits per heavy atom. The minimum absolute atomic E-state index is 0.743. The fraction of sp³-hybridized carbons (Fsp3) is 0.600. The van der Waals surface area contributed by atoms with Crippen LogP contribution in [0.2, 0.25) is 10.0 Å². The van der Waals surface area contributed by atoms with E-state index in [1.807, 2.05) is 18.2 Å². The van der Waals surface area contributed by atoms with Gasteiger partial charge in [-0.2, -0.15) is 0 Å². The molecule has 3 nitrogen and oxygen atoms in total. The van der Waals surface area contributed by atoms with Crippen molar-refractivity contribution < 1.29 is 0 Å². The Morgan fingerprint density at radius 1 is 1.15 bits per heavy atom. The van der Waals surface area contributed by atoms with Gasteiger partial charge in [0.2, 0.25) is 0 Å². The fourth-order valence-corrected chi connectivity index (χ4v) is 3.52. The van der Waals surface area contributed by atoms with Crippen LogP contribution in [0.5, 0.6) is 0 Å². The van der Waals surface area contributed by atoms with Crippen LogP contribution in [-0.2, 0) is 6.54 Å². The molecule has 1 N–H and O–H groups in total.